The van der Waals surface area contributed by atoms with Crippen LogP contribution in [0.1, 0.15) is 46.5 Å². The zero-order valence-electron chi connectivity index (χ0n) is 11.1. The first-order chi connectivity index (χ1) is 7.87. The van der Waals surface area contributed by atoms with Gasteiger partial charge in [0.1, 0.15) is 5.60 Å². The second-order valence-corrected chi connectivity index (χ2v) is 6.36. The van der Waals surface area contributed by atoms with E-state index in [1.807, 2.05) is 25.7 Å². The van der Waals surface area contributed by atoms with Crippen LogP contribution in [0.3, 0.4) is 0 Å². The van der Waals surface area contributed by atoms with Gasteiger partial charge in [-0.3, -0.25) is 0 Å². The largest absolute Gasteiger partial charge is 0.444 e. The predicted molar refractivity (Wildman–Crippen MR) is 66.7 cm³/mol. The lowest BCUT2D eigenvalue weighted by molar-refractivity contribution is 0.00540. The van der Waals surface area contributed by atoms with Gasteiger partial charge in [0.15, 0.2) is 0 Å². The van der Waals surface area contributed by atoms with E-state index >= 15 is 0 Å². The predicted octanol–water partition coefficient (Wildman–Crippen LogP) is 2.12. The summed E-state index contributed by atoms with van der Waals surface area (Å²) in [5.74, 6) is 0.661. The van der Waals surface area contributed by atoms with Gasteiger partial charge in [-0.15, -0.1) is 0 Å². The highest BCUT2D eigenvalue weighted by Gasteiger charge is 2.41. The van der Waals surface area contributed by atoms with Crippen molar-refractivity contribution in [3.05, 3.63) is 0 Å². The van der Waals surface area contributed by atoms with Crippen molar-refractivity contribution >= 4 is 6.09 Å². The summed E-state index contributed by atoms with van der Waals surface area (Å²) >= 11 is 0. The molecular weight excluding hydrogens is 216 g/mol. The quantitative estimate of drug-likeness (QED) is 0.764. The highest BCUT2D eigenvalue weighted by molar-refractivity contribution is 5.68. The molecule has 2 fully saturated rings. The fraction of sp³-hybridized carbons (Fsp3) is 0.923. The molecule has 0 spiro atoms. The summed E-state index contributed by atoms with van der Waals surface area (Å²) in [4.78, 5) is 14.0. The molecule has 0 aromatic rings. The zero-order valence-corrected chi connectivity index (χ0v) is 11.1. The molecule has 1 saturated heterocycles. The number of hydrogen-bond donors (Lipinski definition) is 1. The molecule has 1 saturated carbocycles. The minimum absolute atomic E-state index is 0.165. The van der Waals surface area contributed by atoms with E-state index in [0.29, 0.717) is 12.0 Å². The summed E-state index contributed by atoms with van der Waals surface area (Å²) in [6, 6.07) is 0.563. The van der Waals surface area contributed by atoms with Crippen molar-refractivity contribution < 1.29 is 9.53 Å². The van der Waals surface area contributed by atoms with Crippen LogP contribution in [0.5, 0.6) is 0 Å². The third kappa shape index (κ3) is 3.35. The van der Waals surface area contributed by atoms with E-state index < -0.39 is 5.60 Å². The Balaban J connectivity index is 1.99. The molecule has 17 heavy (non-hydrogen) atoms. The number of nitrogens with two attached hydrogens (primary N) is 1. The number of carbonyl (C=O) groups excluding carboxylic acids is 1. The van der Waals surface area contributed by atoms with Crippen LogP contribution in [0, 0.1) is 5.92 Å². The SMILES string of the molecule is CC(C)(C)OC(=O)N1CC[C@@H](N)C[C@@H]1C1CC1. The Morgan fingerprint density at radius 3 is 2.47 bits per heavy atom. The van der Waals surface area contributed by atoms with E-state index in [9.17, 15) is 4.79 Å². The smallest absolute Gasteiger partial charge is 0.410 e. The Morgan fingerprint density at radius 2 is 1.94 bits per heavy atom. The second kappa shape index (κ2) is 4.48. The first-order valence-electron chi connectivity index (χ1n) is 6.62. The molecule has 0 unspecified atom stereocenters. The van der Waals surface area contributed by atoms with Crippen LogP contribution in [-0.2, 0) is 4.74 Å². The van der Waals surface area contributed by atoms with Gasteiger partial charge in [-0.2, -0.15) is 0 Å². The summed E-state index contributed by atoms with van der Waals surface area (Å²) in [6.45, 7) is 6.48. The number of likely N-dealkylation sites (tertiary alicyclic amines) is 1. The van der Waals surface area contributed by atoms with Gasteiger partial charge in [0.25, 0.3) is 0 Å². The van der Waals surface area contributed by atoms with Crippen molar-refractivity contribution in [2.24, 2.45) is 11.7 Å². The van der Waals surface area contributed by atoms with E-state index in [-0.39, 0.29) is 12.1 Å². The monoisotopic (exact) mass is 240 g/mol. The molecule has 2 atom stereocenters. The number of piperidine rings is 1. The fourth-order valence-electron chi connectivity index (χ4n) is 2.50. The van der Waals surface area contributed by atoms with Crippen molar-refractivity contribution in [2.45, 2.75) is 64.1 Å². The zero-order chi connectivity index (χ0) is 12.6. The van der Waals surface area contributed by atoms with Gasteiger partial charge in [-0.05, 0) is 52.4 Å². The van der Waals surface area contributed by atoms with Crippen molar-refractivity contribution in [1.82, 2.24) is 4.90 Å². The van der Waals surface area contributed by atoms with E-state index in [1.165, 1.54) is 12.8 Å². The summed E-state index contributed by atoms with van der Waals surface area (Å²) < 4.78 is 5.47. The molecule has 1 amide bonds. The molecule has 0 aromatic carbocycles. The summed E-state index contributed by atoms with van der Waals surface area (Å²) in [6.07, 6.45) is 4.13. The Morgan fingerprint density at radius 1 is 1.29 bits per heavy atom. The van der Waals surface area contributed by atoms with E-state index in [2.05, 4.69) is 0 Å². The van der Waals surface area contributed by atoms with E-state index in [0.717, 1.165) is 19.4 Å². The van der Waals surface area contributed by atoms with Gasteiger partial charge in [0.2, 0.25) is 0 Å². The molecule has 2 N–H and O–H groups in total. The maximum absolute atomic E-state index is 12.1. The minimum Gasteiger partial charge on any atom is -0.444 e. The van der Waals surface area contributed by atoms with Crippen LogP contribution >= 0.6 is 0 Å². The molecule has 0 bridgehead atoms. The molecule has 2 rings (SSSR count). The standard InChI is InChI=1S/C13H24N2O2/c1-13(2,3)17-12(16)15-7-6-10(14)8-11(15)9-4-5-9/h9-11H,4-8,14H2,1-3H3/t10-,11-/m1/s1. The molecule has 98 valence electrons. The van der Waals surface area contributed by atoms with E-state index in [1.54, 1.807) is 0 Å². The summed E-state index contributed by atoms with van der Waals surface area (Å²) in [7, 11) is 0. The Bertz CT molecular complexity index is 294. The number of carbonyl (C=O) groups is 1. The van der Waals surface area contributed by atoms with Crippen molar-refractivity contribution in [3.8, 4) is 0 Å². The van der Waals surface area contributed by atoms with Crippen molar-refractivity contribution in [3.63, 3.8) is 0 Å². The van der Waals surface area contributed by atoms with Crippen LogP contribution in [-0.4, -0.2) is 35.2 Å². The maximum Gasteiger partial charge on any atom is 0.410 e. The van der Waals surface area contributed by atoms with Gasteiger partial charge >= 0.3 is 6.09 Å². The van der Waals surface area contributed by atoms with Gasteiger partial charge in [-0.1, -0.05) is 0 Å². The van der Waals surface area contributed by atoms with Crippen LogP contribution in [0.2, 0.25) is 0 Å². The molecule has 4 heteroatoms. The first kappa shape index (κ1) is 12.7. The second-order valence-electron chi connectivity index (χ2n) is 6.36. The highest BCUT2D eigenvalue weighted by Crippen LogP contribution is 2.39. The molecule has 0 aromatic heterocycles. The Hall–Kier alpha value is -0.770. The Labute approximate surface area is 103 Å². The number of amides is 1. The minimum atomic E-state index is -0.412. The van der Waals surface area contributed by atoms with Crippen LogP contribution in [0.4, 0.5) is 4.79 Å². The van der Waals surface area contributed by atoms with Crippen molar-refractivity contribution in [1.29, 1.82) is 0 Å². The summed E-state index contributed by atoms with van der Waals surface area (Å²) in [5, 5.41) is 0. The average Bonchev–Trinajstić information content (AvgIpc) is 2.97. The number of ether oxygens (including phenoxy) is 1. The first-order valence-corrected chi connectivity index (χ1v) is 6.62. The van der Waals surface area contributed by atoms with Gasteiger partial charge in [0, 0.05) is 18.6 Å². The third-order valence-electron chi connectivity index (χ3n) is 3.48. The van der Waals surface area contributed by atoms with Crippen LogP contribution in [0.15, 0.2) is 0 Å². The third-order valence-corrected chi connectivity index (χ3v) is 3.48. The molecule has 1 aliphatic heterocycles. The molecule has 1 aliphatic carbocycles. The summed E-state index contributed by atoms with van der Waals surface area (Å²) in [5.41, 5.74) is 5.59. The van der Waals surface area contributed by atoms with E-state index in [4.69, 9.17) is 10.5 Å². The molecule has 0 radical (unpaired) electrons. The molecular formula is C13H24N2O2. The van der Waals surface area contributed by atoms with Gasteiger partial charge in [0.05, 0.1) is 0 Å². The van der Waals surface area contributed by atoms with Crippen molar-refractivity contribution in [2.75, 3.05) is 6.54 Å². The lowest BCUT2D eigenvalue weighted by Gasteiger charge is -2.39. The van der Waals surface area contributed by atoms with Crippen LogP contribution < -0.4 is 5.73 Å². The van der Waals surface area contributed by atoms with Gasteiger partial charge in [-0.25, -0.2) is 4.79 Å². The number of hydrogen-bond acceptors (Lipinski definition) is 3. The topological polar surface area (TPSA) is 55.6 Å². The molecule has 1 heterocycles. The molecule has 4 nitrogen and oxygen atoms in total. The lowest BCUT2D eigenvalue weighted by atomic mass is 9.95. The fourth-order valence-corrected chi connectivity index (χ4v) is 2.50. The Kier molecular flexibility index (Phi) is 3.34. The average molecular weight is 240 g/mol. The maximum atomic E-state index is 12.1. The highest BCUT2D eigenvalue weighted by atomic mass is 16.6. The normalized spacial score (nSPS) is 30.2. The molecule has 2 aliphatic rings. The number of rotatable bonds is 1. The number of nitrogens with zero attached hydrogens (tertiary/aromatic N) is 1. The van der Waals surface area contributed by atoms with Crippen LogP contribution in [0.25, 0.3) is 0 Å². The lowest BCUT2D eigenvalue weighted by Crippen LogP contribution is -2.52. The van der Waals surface area contributed by atoms with Gasteiger partial charge < -0.3 is 15.4 Å².